The van der Waals surface area contributed by atoms with Gasteiger partial charge in [-0.25, -0.2) is 4.98 Å². The second-order valence-electron chi connectivity index (χ2n) is 4.16. The first kappa shape index (κ1) is 18.2. The zero-order valence-corrected chi connectivity index (χ0v) is 11.9. The van der Waals surface area contributed by atoms with Crippen molar-refractivity contribution in [1.29, 1.82) is 0 Å². The quantitative estimate of drug-likeness (QED) is 0.608. The maximum atomic E-state index is 12.8. The molecule has 0 atom stereocenters. The lowest BCUT2D eigenvalue weighted by molar-refractivity contribution is -0.176. The zero-order chi connectivity index (χ0) is 16.1. The fourth-order valence-electron chi connectivity index (χ4n) is 1.44. The van der Waals surface area contributed by atoms with Crippen LogP contribution in [0.2, 0.25) is 0 Å². The van der Waals surface area contributed by atoms with Crippen molar-refractivity contribution >= 4 is 11.3 Å². The third kappa shape index (κ3) is 6.62. The second-order valence-corrected chi connectivity index (χ2v) is 5.33. The van der Waals surface area contributed by atoms with Crippen LogP contribution in [0.15, 0.2) is 0 Å². The minimum Gasteiger partial charge on any atom is -0.365 e. The van der Waals surface area contributed by atoms with E-state index in [2.05, 4.69) is 15.0 Å². The van der Waals surface area contributed by atoms with E-state index in [-0.39, 0.29) is 16.4 Å². The van der Waals surface area contributed by atoms with Crippen LogP contribution in [0.4, 0.5) is 26.3 Å². The smallest absolute Gasteiger partial charge is 0.365 e. The highest BCUT2D eigenvalue weighted by Gasteiger charge is 2.37. The molecule has 0 spiro atoms. The molecule has 1 aromatic heterocycles. The molecule has 0 fully saturated rings. The van der Waals surface area contributed by atoms with Crippen LogP contribution in [0.5, 0.6) is 0 Å². The zero-order valence-electron chi connectivity index (χ0n) is 11.1. The van der Waals surface area contributed by atoms with Gasteiger partial charge in [0.2, 0.25) is 0 Å². The SMILES string of the molecule is CCCNCc1sc(COCC(F)(F)F)nc1C(F)(F)F. The van der Waals surface area contributed by atoms with Gasteiger partial charge >= 0.3 is 12.4 Å². The maximum absolute atomic E-state index is 12.8. The molecule has 21 heavy (non-hydrogen) atoms. The third-order valence-corrected chi connectivity index (χ3v) is 3.24. The molecule has 3 nitrogen and oxygen atoms in total. The number of nitrogens with zero attached hydrogens (tertiary/aromatic N) is 1. The van der Waals surface area contributed by atoms with Crippen LogP contribution in [-0.2, 0) is 24.1 Å². The standard InChI is InChI=1S/C11H14F6N2OS/c1-2-3-18-4-7-9(11(15,16)17)19-8(21-7)5-20-6-10(12,13)14/h18H,2-6H2,1H3. The summed E-state index contributed by atoms with van der Waals surface area (Å²) in [6, 6.07) is 0. The Kier molecular flexibility index (Phi) is 6.41. The molecule has 0 aliphatic rings. The Hall–Kier alpha value is -0.870. The van der Waals surface area contributed by atoms with E-state index in [9.17, 15) is 26.3 Å². The summed E-state index contributed by atoms with van der Waals surface area (Å²) < 4.78 is 78.4. The number of thiazole rings is 1. The first-order valence-corrected chi connectivity index (χ1v) is 6.86. The van der Waals surface area contributed by atoms with Crippen molar-refractivity contribution in [3.63, 3.8) is 0 Å². The van der Waals surface area contributed by atoms with Gasteiger partial charge < -0.3 is 10.1 Å². The summed E-state index contributed by atoms with van der Waals surface area (Å²) in [7, 11) is 0. The van der Waals surface area contributed by atoms with E-state index >= 15 is 0 Å². The van der Waals surface area contributed by atoms with Gasteiger partial charge in [0.15, 0.2) is 5.69 Å². The second kappa shape index (κ2) is 7.41. The summed E-state index contributed by atoms with van der Waals surface area (Å²) in [4.78, 5) is 3.29. The van der Waals surface area contributed by atoms with Crippen molar-refractivity contribution in [3.05, 3.63) is 15.6 Å². The Balaban J connectivity index is 2.73. The monoisotopic (exact) mass is 336 g/mol. The molecule has 1 rings (SSSR count). The first-order valence-electron chi connectivity index (χ1n) is 6.04. The normalized spacial score (nSPS) is 12.9. The molecule has 122 valence electrons. The fraction of sp³-hybridized carbons (Fsp3) is 0.727. The average molecular weight is 336 g/mol. The molecule has 10 heteroatoms. The van der Waals surface area contributed by atoms with Gasteiger partial charge in [-0.3, -0.25) is 0 Å². The van der Waals surface area contributed by atoms with Gasteiger partial charge in [0, 0.05) is 6.54 Å². The van der Waals surface area contributed by atoms with E-state index in [1.807, 2.05) is 6.92 Å². The van der Waals surface area contributed by atoms with Crippen molar-refractivity contribution in [1.82, 2.24) is 10.3 Å². The van der Waals surface area contributed by atoms with E-state index in [0.29, 0.717) is 17.9 Å². The molecule has 1 aromatic rings. The van der Waals surface area contributed by atoms with Gasteiger partial charge in [0.05, 0.1) is 11.5 Å². The van der Waals surface area contributed by atoms with Gasteiger partial charge in [-0.2, -0.15) is 26.3 Å². The van der Waals surface area contributed by atoms with Crippen LogP contribution in [0.25, 0.3) is 0 Å². The first-order chi connectivity index (χ1) is 9.63. The van der Waals surface area contributed by atoms with E-state index < -0.39 is 31.3 Å². The largest absolute Gasteiger partial charge is 0.434 e. The lowest BCUT2D eigenvalue weighted by Gasteiger charge is -2.06. The minimum absolute atomic E-state index is 0.0282. The Morgan fingerprint density at radius 2 is 1.86 bits per heavy atom. The highest BCUT2D eigenvalue weighted by atomic mass is 32.1. The molecule has 1 N–H and O–H groups in total. The third-order valence-electron chi connectivity index (χ3n) is 2.21. The van der Waals surface area contributed by atoms with Crippen LogP contribution in [0.1, 0.15) is 28.9 Å². The van der Waals surface area contributed by atoms with Gasteiger partial charge in [0.25, 0.3) is 0 Å². The Morgan fingerprint density at radius 1 is 1.19 bits per heavy atom. The molecule has 0 aromatic carbocycles. The molecule has 0 radical (unpaired) electrons. The van der Waals surface area contributed by atoms with Crippen molar-refractivity contribution in [2.24, 2.45) is 0 Å². The van der Waals surface area contributed by atoms with Crippen LogP contribution < -0.4 is 5.32 Å². The molecular weight excluding hydrogens is 322 g/mol. The molecule has 0 amide bonds. The maximum Gasteiger partial charge on any atom is 0.434 e. The molecule has 0 aliphatic carbocycles. The van der Waals surface area contributed by atoms with Crippen molar-refractivity contribution in [3.8, 4) is 0 Å². The molecule has 0 aliphatic heterocycles. The van der Waals surface area contributed by atoms with Gasteiger partial charge in [-0.1, -0.05) is 6.92 Å². The predicted octanol–water partition coefficient (Wildman–Crippen LogP) is 3.74. The highest BCUT2D eigenvalue weighted by molar-refractivity contribution is 7.11. The summed E-state index contributed by atoms with van der Waals surface area (Å²) >= 11 is 0.701. The number of aromatic nitrogens is 1. The number of nitrogens with one attached hydrogen (secondary N) is 1. The van der Waals surface area contributed by atoms with Crippen LogP contribution in [0, 0.1) is 0 Å². The van der Waals surface area contributed by atoms with Crippen molar-refractivity contribution < 1.29 is 31.1 Å². The summed E-state index contributed by atoms with van der Waals surface area (Å²) in [5.41, 5.74) is -1.07. The topological polar surface area (TPSA) is 34.1 Å². The summed E-state index contributed by atoms with van der Waals surface area (Å²) in [6.07, 6.45) is -8.40. The molecule has 0 saturated carbocycles. The highest BCUT2D eigenvalue weighted by Crippen LogP contribution is 2.34. The van der Waals surface area contributed by atoms with Gasteiger partial charge in [-0.15, -0.1) is 11.3 Å². The fourth-order valence-corrected chi connectivity index (χ4v) is 2.43. The summed E-state index contributed by atoms with van der Waals surface area (Å²) in [6.45, 7) is 0.258. The number of ether oxygens (including phenoxy) is 1. The lowest BCUT2D eigenvalue weighted by Crippen LogP contribution is -2.17. The van der Waals surface area contributed by atoms with Gasteiger partial charge in [-0.05, 0) is 13.0 Å². The molecule has 0 saturated heterocycles. The van der Waals surface area contributed by atoms with E-state index in [4.69, 9.17) is 0 Å². The van der Waals surface area contributed by atoms with Crippen LogP contribution in [-0.4, -0.2) is 24.3 Å². The number of alkyl halides is 6. The molecule has 0 bridgehead atoms. The van der Waals surface area contributed by atoms with Crippen LogP contribution in [0.3, 0.4) is 0 Å². The Labute approximate surface area is 121 Å². The molecule has 1 heterocycles. The number of hydrogen-bond acceptors (Lipinski definition) is 4. The predicted molar refractivity (Wildman–Crippen MR) is 64.8 cm³/mol. The van der Waals surface area contributed by atoms with E-state index in [1.54, 1.807) is 0 Å². The Morgan fingerprint density at radius 3 is 2.38 bits per heavy atom. The number of rotatable bonds is 7. The Bertz CT molecular complexity index is 443. The van der Waals surface area contributed by atoms with E-state index in [0.717, 1.165) is 6.42 Å². The van der Waals surface area contributed by atoms with Gasteiger partial charge in [0.1, 0.15) is 11.6 Å². The summed E-state index contributed by atoms with van der Waals surface area (Å²) in [5.74, 6) is 0. The van der Waals surface area contributed by atoms with Crippen molar-refractivity contribution in [2.45, 2.75) is 38.8 Å². The van der Waals surface area contributed by atoms with Crippen molar-refractivity contribution in [2.75, 3.05) is 13.2 Å². The minimum atomic E-state index is -4.64. The average Bonchev–Trinajstić information content (AvgIpc) is 2.71. The number of halogens is 6. The summed E-state index contributed by atoms with van der Waals surface area (Å²) in [5, 5.41) is 2.68. The van der Waals surface area contributed by atoms with Crippen LogP contribution >= 0.6 is 11.3 Å². The lowest BCUT2D eigenvalue weighted by atomic mass is 10.3. The number of hydrogen-bond donors (Lipinski definition) is 1. The molecule has 0 unspecified atom stereocenters. The molecular formula is C11H14F6N2OS. The van der Waals surface area contributed by atoms with E-state index in [1.165, 1.54) is 0 Å².